The Kier molecular flexibility index (Phi) is 5.66. The molecule has 0 spiro atoms. The van der Waals surface area contributed by atoms with Crippen molar-refractivity contribution in [3.05, 3.63) is 71.9 Å². The Morgan fingerprint density at radius 3 is 2.37 bits per heavy atom. The van der Waals surface area contributed by atoms with E-state index in [0.717, 1.165) is 16.7 Å². The van der Waals surface area contributed by atoms with E-state index in [0.29, 0.717) is 5.69 Å². The van der Waals surface area contributed by atoms with Gasteiger partial charge in [0.05, 0.1) is 12.1 Å². The number of nitrogens with one attached hydrogen (secondary N) is 1. The Bertz CT molecular complexity index is 917. The van der Waals surface area contributed by atoms with Crippen LogP contribution in [0.15, 0.2) is 65.2 Å². The third kappa shape index (κ3) is 5.04. The Balaban J connectivity index is 1.53. The third-order valence-corrected chi connectivity index (χ3v) is 3.96. The van der Waals surface area contributed by atoms with Crippen molar-refractivity contribution >= 4 is 17.8 Å². The zero-order valence-corrected chi connectivity index (χ0v) is 15.1. The number of hydrogen-bond acceptors (Lipinski definition) is 5. The lowest BCUT2D eigenvalue weighted by Crippen LogP contribution is -2.30. The molecule has 0 radical (unpaired) electrons. The first-order chi connectivity index (χ1) is 13.0. The van der Waals surface area contributed by atoms with E-state index in [1.807, 2.05) is 54.6 Å². The second kappa shape index (κ2) is 8.31. The van der Waals surface area contributed by atoms with Crippen LogP contribution in [0.4, 0.5) is 5.88 Å². The summed E-state index contributed by atoms with van der Waals surface area (Å²) >= 11 is 0. The fraction of sp³-hybridized carbons (Fsp3) is 0.190. The van der Waals surface area contributed by atoms with E-state index in [1.54, 1.807) is 13.0 Å². The largest absolute Gasteiger partial charge is 0.452 e. The molecule has 6 heteroatoms. The number of amides is 1. The number of anilines is 1. The maximum atomic E-state index is 12.1. The molecule has 1 aromatic heterocycles. The summed E-state index contributed by atoms with van der Waals surface area (Å²) in [5.74, 6) is -0.727. The second-order valence-corrected chi connectivity index (χ2v) is 6.19. The Labute approximate surface area is 157 Å². The van der Waals surface area contributed by atoms with Crippen LogP contribution < -0.4 is 5.32 Å². The van der Waals surface area contributed by atoms with Crippen LogP contribution >= 0.6 is 0 Å². The van der Waals surface area contributed by atoms with Crippen molar-refractivity contribution in [3.63, 3.8) is 0 Å². The number of aryl methyl sites for hydroxylation is 1. The van der Waals surface area contributed by atoms with Gasteiger partial charge in [0.1, 0.15) is 0 Å². The lowest BCUT2D eigenvalue weighted by Gasteiger charge is -2.12. The number of rotatable bonds is 6. The first kappa shape index (κ1) is 18.4. The molecule has 0 aliphatic heterocycles. The highest BCUT2D eigenvalue weighted by Crippen LogP contribution is 2.19. The van der Waals surface area contributed by atoms with E-state index < -0.39 is 18.0 Å². The molecule has 1 heterocycles. The van der Waals surface area contributed by atoms with E-state index in [-0.39, 0.29) is 12.3 Å². The van der Waals surface area contributed by atoms with Gasteiger partial charge in [0, 0.05) is 6.07 Å². The molecule has 2 aromatic carbocycles. The summed E-state index contributed by atoms with van der Waals surface area (Å²) in [7, 11) is 0. The molecule has 0 fully saturated rings. The minimum atomic E-state index is -0.938. The number of nitrogens with zero attached hydrogens (tertiary/aromatic N) is 1. The minimum absolute atomic E-state index is 0.0914. The zero-order chi connectivity index (χ0) is 19.2. The van der Waals surface area contributed by atoms with Crippen molar-refractivity contribution in [3.8, 4) is 11.1 Å². The van der Waals surface area contributed by atoms with Gasteiger partial charge in [-0.05, 0) is 30.5 Å². The lowest BCUT2D eigenvalue weighted by atomic mass is 10.0. The van der Waals surface area contributed by atoms with E-state index in [9.17, 15) is 9.59 Å². The van der Waals surface area contributed by atoms with Crippen LogP contribution in [0.1, 0.15) is 18.2 Å². The summed E-state index contributed by atoms with van der Waals surface area (Å²) in [5.41, 5.74) is 3.65. The van der Waals surface area contributed by atoms with Gasteiger partial charge in [-0.2, -0.15) is 0 Å². The minimum Gasteiger partial charge on any atom is -0.452 e. The predicted molar refractivity (Wildman–Crippen MR) is 101 cm³/mol. The molecule has 0 unspecified atom stereocenters. The molecule has 1 amide bonds. The SMILES string of the molecule is Cc1cc(NC(=O)[C@@H](C)OC(=O)Cc2ccc(-c3ccccc3)cc2)on1. The quantitative estimate of drug-likeness (QED) is 0.674. The monoisotopic (exact) mass is 364 g/mol. The number of esters is 1. The first-order valence-corrected chi connectivity index (χ1v) is 8.59. The Morgan fingerprint density at radius 1 is 1.07 bits per heavy atom. The van der Waals surface area contributed by atoms with E-state index in [2.05, 4.69) is 10.5 Å². The number of hydrogen-bond donors (Lipinski definition) is 1. The summed E-state index contributed by atoms with van der Waals surface area (Å²) in [6, 6.07) is 19.2. The Hall–Kier alpha value is -3.41. The number of carbonyl (C=O) groups is 2. The van der Waals surface area contributed by atoms with E-state index in [1.165, 1.54) is 6.92 Å². The van der Waals surface area contributed by atoms with E-state index >= 15 is 0 Å². The van der Waals surface area contributed by atoms with Gasteiger partial charge in [-0.25, -0.2) is 0 Å². The fourth-order valence-corrected chi connectivity index (χ4v) is 2.55. The molecule has 0 saturated heterocycles. The van der Waals surface area contributed by atoms with Crippen LogP contribution in [0.25, 0.3) is 11.1 Å². The van der Waals surface area contributed by atoms with Gasteiger partial charge in [-0.3, -0.25) is 14.9 Å². The van der Waals surface area contributed by atoms with Crippen molar-refractivity contribution in [2.24, 2.45) is 0 Å². The van der Waals surface area contributed by atoms with Crippen molar-refractivity contribution in [1.29, 1.82) is 0 Å². The molecule has 138 valence electrons. The summed E-state index contributed by atoms with van der Waals surface area (Å²) in [5, 5.41) is 6.19. The van der Waals surface area contributed by atoms with Crippen molar-refractivity contribution in [1.82, 2.24) is 5.16 Å². The lowest BCUT2D eigenvalue weighted by molar-refractivity contribution is -0.152. The highest BCUT2D eigenvalue weighted by molar-refractivity contribution is 5.94. The van der Waals surface area contributed by atoms with Crippen LogP contribution in [0, 0.1) is 6.92 Å². The Morgan fingerprint density at radius 2 is 1.74 bits per heavy atom. The molecule has 27 heavy (non-hydrogen) atoms. The predicted octanol–water partition coefficient (Wildman–Crippen LogP) is 3.76. The number of benzene rings is 2. The molecule has 1 atom stereocenters. The average molecular weight is 364 g/mol. The van der Waals surface area contributed by atoms with Crippen LogP contribution in [-0.4, -0.2) is 23.1 Å². The van der Waals surface area contributed by atoms with E-state index in [4.69, 9.17) is 9.26 Å². The molecule has 6 nitrogen and oxygen atoms in total. The van der Waals surface area contributed by atoms with Gasteiger partial charge in [0.15, 0.2) is 6.10 Å². The average Bonchev–Trinajstić information content (AvgIpc) is 3.07. The van der Waals surface area contributed by atoms with Crippen LogP contribution in [0.5, 0.6) is 0 Å². The zero-order valence-electron chi connectivity index (χ0n) is 15.1. The molecule has 0 bridgehead atoms. The van der Waals surface area contributed by atoms with Gasteiger partial charge in [-0.1, -0.05) is 59.8 Å². The molecule has 1 N–H and O–H groups in total. The molecule has 0 saturated carbocycles. The van der Waals surface area contributed by atoms with Crippen LogP contribution in [0.2, 0.25) is 0 Å². The normalized spacial score (nSPS) is 11.6. The van der Waals surface area contributed by atoms with Crippen LogP contribution in [-0.2, 0) is 20.7 Å². The summed E-state index contributed by atoms with van der Waals surface area (Å²) < 4.78 is 10.1. The van der Waals surface area contributed by atoms with Crippen molar-refractivity contribution in [2.45, 2.75) is 26.4 Å². The maximum absolute atomic E-state index is 12.1. The molecule has 0 aliphatic carbocycles. The van der Waals surface area contributed by atoms with Crippen molar-refractivity contribution in [2.75, 3.05) is 5.32 Å². The van der Waals surface area contributed by atoms with Crippen molar-refractivity contribution < 1.29 is 18.8 Å². The summed E-state index contributed by atoms with van der Waals surface area (Å²) in [6.45, 7) is 3.25. The molecule has 3 rings (SSSR count). The summed E-state index contributed by atoms with van der Waals surface area (Å²) in [4.78, 5) is 24.1. The highest BCUT2D eigenvalue weighted by atomic mass is 16.5. The van der Waals surface area contributed by atoms with Crippen LogP contribution in [0.3, 0.4) is 0 Å². The van der Waals surface area contributed by atoms with Gasteiger partial charge in [-0.15, -0.1) is 0 Å². The van der Waals surface area contributed by atoms with Gasteiger partial charge < -0.3 is 9.26 Å². The third-order valence-electron chi connectivity index (χ3n) is 3.96. The summed E-state index contributed by atoms with van der Waals surface area (Å²) in [6.07, 6.45) is -0.847. The molecular weight excluding hydrogens is 344 g/mol. The molecule has 3 aromatic rings. The van der Waals surface area contributed by atoms with Gasteiger partial charge in [0.25, 0.3) is 5.91 Å². The second-order valence-electron chi connectivity index (χ2n) is 6.19. The number of ether oxygens (including phenoxy) is 1. The number of aromatic nitrogens is 1. The van der Waals surface area contributed by atoms with Gasteiger partial charge >= 0.3 is 5.97 Å². The molecule has 0 aliphatic rings. The first-order valence-electron chi connectivity index (χ1n) is 8.59. The van der Waals surface area contributed by atoms with Gasteiger partial charge in [0.2, 0.25) is 5.88 Å². The standard InChI is InChI=1S/C21H20N2O4/c1-14-12-19(27-23-14)22-21(25)15(2)26-20(24)13-16-8-10-18(11-9-16)17-6-4-3-5-7-17/h3-12,15H,13H2,1-2H3,(H,22,25)/t15-/m1/s1. The number of carbonyl (C=O) groups excluding carboxylic acids is 2. The maximum Gasteiger partial charge on any atom is 0.311 e. The molecular formula is C21H20N2O4. The highest BCUT2D eigenvalue weighted by Gasteiger charge is 2.19. The topological polar surface area (TPSA) is 81.4 Å². The fourth-order valence-electron chi connectivity index (χ4n) is 2.55. The smallest absolute Gasteiger partial charge is 0.311 e.